The number of benzene rings is 2. The van der Waals surface area contributed by atoms with Crippen molar-refractivity contribution >= 4 is 23.1 Å². The predicted molar refractivity (Wildman–Crippen MR) is 125 cm³/mol. The molecule has 0 aliphatic rings. The van der Waals surface area contributed by atoms with Crippen molar-refractivity contribution in [1.29, 1.82) is 0 Å². The molecule has 2 N–H and O–H groups in total. The van der Waals surface area contributed by atoms with Crippen molar-refractivity contribution < 1.29 is 17.9 Å². The van der Waals surface area contributed by atoms with Crippen LogP contribution in [0.2, 0.25) is 0 Å². The Labute approximate surface area is 192 Å². The molecule has 0 amide bonds. The van der Waals surface area contributed by atoms with Crippen molar-refractivity contribution in [3.63, 3.8) is 0 Å². The van der Waals surface area contributed by atoms with Gasteiger partial charge in [0.15, 0.2) is 0 Å². The third-order valence-electron chi connectivity index (χ3n) is 4.95. The molecule has 0 atom stereocenters. The molecule has 1 heterocycles. The first-order chi connectivity index (χ1) is 15.9. The summed E-state index contributed by atoms with van der Waals surface area (Å²) < 4.78 is 46.3. The Morgan fingerprint density at radius 3 is 2.39 bits per heavy atom. The number of anilines is 4. The highest BCUT2D eigenvalue weighted by Crippen LogP contribution is 2.35. The fraction of sp³-hybridized carbons (Fsp3) is 0.360. The molecule has 0 saturated carbocycles. The van der Waals surface area contributed by atoms with E-state index >= 15 is 0 Å². The summed E-state index contributed by atoms with van der Waals surface area (Å²) >= 11 is 0. The number of hydrogen-bond acceptors (Lipinski definition) is 5. The van der Waals surface area contributed by atoms with Gasteiger partial charge >= 0.3 is 6.18 Å². The van der Waals surface area contributed by atoms with Gasteiger partial charge < -0.3 is 15.4 Å². The first-order valence-electron chi connectivity index (χ1n) is 11.2. The lowest BCUT2D eigenvalue weighted by atomic mass is 10.1. The molecule has 0 unspecified atom stereocenters. The average molecular weight is 459 g/mol. The molecule has 0 fully saturated rings. The summed E-state index contributed by atoms with van der Waals surface area (Å²) in [6.07, 6.45) is 1.23. The summed E-state index contributed by atoms with van der Waals surface area (Å²) in [5.41, 5.74) is 1.30. The van der Waals surface area contributed by atoms with Gasteiger partial charge in [0.1, 0.15) is 17.1 Å². The highest BCUT2D eigenvalue weighted by Gasteiger charge is 2.35. The predicted octanol–water partition coefficient (Wildman–Crippen LogP) is 7.50. The van der Waals surface area contributed by atoms with Crippen LogP contribution in [0.1, 0.15) is 50.7 Å². The second-order valence-electron chi connectivity index (χ2n) is 7.73. The van der Waals surface area contributed by atoms with E-state index in [9.17, 15) is 13.2 Å². The van der Waals surface area contributed by atoms with Crippen LogP contribution in [-0.4, -0.2) is 16.6 Å². The van der Waals surface area contributed by atoms with Crippen LogP contribution in [0.4, 0.5) is 36.3 Å². The first kappa shape index (κ1) is 24.4. The van der Waals surface area contributed by atoms with E-state index in [2.05, 4.69) is 34.4 Å². The molecule has 8 heteroatoms. The van der Waals surface area contributed by atoms with Crippen LogP contribution in [0.25, 0.3) is 0 Å². The van der Waals surface area contributed by atoms with E-state index in [1.54, 1.807) is 30.3 Å². The van der Waals surface area contributed by atoms with Gasteiger partial charge in [-0.25, -0.2) is 4.98 Å². The van der Waals surface area contributed by atoms with E-state index in [0.717, 1.165) is 49.6 Å². The highest BCUT2D eigenvalue weighted by molar-refractivity contribution is 5.63. The maximum absolute atomic E-state index is 13.6. The number of rotatable bonds is 11. The monoisotopic (exact) mass is 458 g/mol. The summed E-state index contributed by atoms with van der Waals surface area (Å²) in [5.74, 6) is 0.496. The van der Waals surface area contributed by atoms with Gasteiger partial charge in [0.25, 0.3) is 0 Å². The molecule has 5 nitrogen and oxygen atoms in total. The van der Waals surface area contributed by atoms with Gasteiger partial charge in [-0.05, 0) is 54.8 Å². The Kier molecular flexibility index (Phi) is 8.52. The van der Waals surface area contributed by atoms with Crippen molar-refractivity contribution in [2.24, 2.45) is 0 Å². The summed E-state index contributed by atoms with van der Waals surface area (Å²) in [7, 11) is 0. The Morgan fingerprint density at radius 2 is 1.70 bits per heavy atom. The lowest BCUT2D eigenvalue weighted by Gasteiger charge is -2.15. The van der Waals surface area contributed by atoms with Crippen LogP contribution in [0.15, 0.2) is 54.7 Å². The zero-order valence-corrected chi connectivity index (χ0v) is 18.9. The summed E-state index contributed by atoms with van der Waals surface area (Å²) in [4.78, 5) is 7.98. The SMILES string of the molecule is CCCCCOc1ccc(Nc2ncc(C(F)(F)F)c(Nc3cccc(CCC)c3)n2)cc1. The lowest BCUT2D eigenvalue weighted by molar-refractivity contribution is -0.137. The topological polar surface area (TPSA) is 59.1 Å². The van der Waals surface area contributed by atoms with Crippen LogP contribution in [-0.2, 0) is 12.6 Å². The Hall–Kier alpha value is -3.29. The number of halogens is 3. The fourth-order valence-corrected chi connectivity index (χ4v) is 3.28. The molecule has 2 aromatic carbocycles. The van der Waals surface area contributed by atoms with Crippen molar-refractivity contribution in [3.8, 4) is 5.75 Å². The van der Waals surface area contributed by atoms with Gasteiger partial charge in [-0.1, -0.05) is 45.2 Å². The molecule has 0 bridgehead atoms. The standard InChI is InChI=1S/C25H29F3N4O/c1-3-5-6-15-33-21-13-11-19(12-14-21)31-24-29-17-22(25(26,27)28)23(32-24)30-20-10-7-9-18(16-20)8-4-2/h7,9-14,16-17H,3-6,8,15H2,1-2H3,(H2,29,30,31,32). The molecule has 176 valence electrons. The number of hydrogen-bond donors (Lipinski definition) is 2. The normalized spacial score (nSPS) is 11.3. The minimum atomic E-state index is -4.58. The summed E-state index contributed by atoms with van der Waals surface area (Å²) in [5, 5.41) is 5.77. The van der Waals surface area contributed by atoms with Crippen molar-refractivity contribution in [2.75, 3.05) is 17.2 Å². The van der Waals surface area contributed by atoms with E-state index in [1.165, 1.54) is 0 Å². The van der Waals surface area contributed by atoms with Crippen molar-refractivity contribution in [1.82, 2.24) is 9.97 Å². The van der Waals surface area contributed by atoms with Crippen LogP contribution >= 0.6 is 0 Å². The van der Waals surface area contributed by atoms with Crippen LogP contribution < -0.4 is 15.4 Å². The second kappa shape index (κ2) is 11.5. The smallest absolute Gasteiger partial charge is 0.421 e. The third kappa shape index (κ3) is 7.37. The number of nitrogens with one attached hydrogen (secondary N) is 2. The van der Waals surface area contributed by atoms with Gasteiger partial charge in [-0.15, -0.1) is 0 Å². The number of ether oxygens (including phenoxy) is 1. The Bertz CT molecular complexity index is 1020. The van der Waals surface area contributed by atoms with Gasteiger partial charge in [-0.3, -0.25) is 0 Å². The third-order valence-corrected chi connectivity index (χ3v) is 4.95. The summed E-state index contributed by atoms with van der Waals surface area (Å²) in [6.45, 7) is 4.83. The Balaban J connectivity index is 1.76. The minimum Gasteiger partial charge on any atom is -0.494 e. The molecule has 0 saturated heterocycles. The van der Waals surface area contributed by atoms with Crippen molar-refractivity contribution in [2.45, 2.75) is 52.1 Å². The summed E-state index contributed by atoms with van der Waals surface area (Å²) in [6, 6.07) is 14.5. The highest BCUT2D eigenvalue weighted by atomic mass is 19.4. The molecule has 0 aliphatic carbocycles. The number of aryl methyl sites for hydroxylation is 1. The number of nitrogens with zero attached hydrogens (tertiary/aromatic N) is 2. The van der Waals surface area contributed by atoms with Crippen LogP contribution in [0.3, 0.4) is 0 Å². The molecule has 0 spiro atoms. The van der Waals surface area contributed by atoms with E-state index in [4.69, 9.17) is 4.74 Å². The van der Waals surface area contributed by atoms with Gasteiger partial charge in [-0.2, -0.15) is 18.2 Å². The second-order valence-corrected chi connectivity index (χ2v) is 7.73. The van der Waals surface area contributed by atoms with Crippen LogP contribution in [0.5, 0.6) is 5.75 Å². The van der Waals surface area contributed by atoms with E-state index in [-0.39, 0.29) is 11.8 Å². The van der Waals surface area contributed by atoms with Crippen LogP contribution in [0, 0.1) is 0 Å². The first-order valence-corrected chi connectivity index (χ1v) is 11.2. The number of alkyl halides is 3. The minimum absolute atomic E-state index is 0.0619. The lowest BCUT2D eigenvalue weighted by Crippen LogP contribution is -2.12. The van der Waals surface area contributed by atoms with Crippen molar-refractivity contribution in [3.05, 3.63) is 65.9 Å². The van der Waals surface area contributed by atoms with E-state index in [1.807, 2.05) is 18.2 Å². The number of unbranched alkanes of at least 4 members (excludes halogenated alkanes) is 2. The molecule has 33 heavy (non-hydrogen) atoms. The van der Waals surface area contributed by atoms with Gasteiger partial charge in [0, 0.05) is 17.6 Å². The van der Waals surface area contributed by atoms with E-state index in [0.29, 0.717) is 18.0 Å². The Morgan fingerprint density at radius 1 is 0.909 bits per heavy atom. The molecule has 0 radical (unpaired) electrons. The molecule has 1 aromatic heterocycles. The molecular formula is C25H29F3N4O. The number of aromatic nitrogens is 2. The molecular weight excluding hydrogens is 429 g/mol. The fourth-order valence-electron chi connectivity index (χ4n) is 3.28. The average Bonchev–Trinajstić information content (AvgIpc) is 2.78. The maximum Gasteiger partial charge on any atom is 0.421 e. The van der Waals surface area contributed by atoms with Gasteiger partial charge in [0.2, 0.25) is 5.95 Å². The molecule has 3 aromatic rings. The largest absolute Gasteiger partial charge is 0.494 e. The van der Waals surface area contributed by atoms with Gasteiger partial charge in [0.05, 0.1) is 6.61 Å². The zero-order valence-electron chi connectivity index (χ0n) is 18.9. The van der Waals surface area contributed by atoms with E-state index < -0.39 is 11.7 Å². The maximum atomic E-state index is 13.6. The molecule has 0 aliphatic heterocycles. The quantitative estimate of drug-likeness (QED) is 0.291. The zero-order chi connectivity index (χ0) is 23.7. The molecule has 3 rings (SSSR count).